The molecule has 0 saturated carbocycles. The number of hydrogen-bond donors (Lipinski definition) is 3. The van der Waals surface area contributed by atoms with Crippen LogP contribution in [0.25, 0.3) is 16.6 Å². The number of hydrogen-bond acceptors (Lipinski definition) is 4. The number of nitrogens with two attached hydrogens (primary N) is 1. The van der Waals surface area contributed by atoms with Crippen LogP contribution < -0.4 is 11.1 Å². The molecule has 1 unspecified atom stereocenters. The molecule has 0 bridgehead atoms. The fourth-order valence-electron chi connectivity index (χ4n) is 2.60. The minimum absolute atomic E-state index is 0. The molecule has 4 N–H and O–H groups in total. The number of nitrogens with one attached hydrogen (secondary N) is 1. The number of fused-ring (bicyclic) bond motifs is 1. The van der Waals surface area contributed by atoms with Crippen LogP contribution >= 0.6 is 12.4 Å². The van der Waals surface area contributed by atoms with Crippen LogP contribution in [0.4, 0.5) is 5.69 Å². The molecule has 7 heteroatoms. The highest BCUT2D eigenvalue weighted by molar-refractivity contribution is 5.97. The lowest BCUT2D eigenvalue weighted by Gasteiger charge is -2.13. The van der Waals surface area contributed by atoms with Gasteiger partial charge >= 0.3 is 0 Å². The fourth-order valence-corrected chi connectivity index (χ4v) is 2.60. The molecule has 3 rings (SSSR count). The van der Waals surface area contributed by atoms with Gasteiger partial charge in [0, 0.05) is 11.1 Å². The molecule has 2 aromatic carbocycles. The normalized spacial score (nSPS) is 11.8. The van der Waals surface area contributed by atoms with Crippen LogP contribution in [0.5, 0.6) is 0 Å². The maximum Gasteiger partial charge on any atom is 0.243 e. The van der Waals surface area contributed by atoms with Gasteiger partial charge in [-0.15, -0.1) is 12.4 Å². The van der Waals surface area contributed by atoms with Gasteiger partial charge in [-0.2, -0.15) is 5.10 Å². The topological polar surface area (TPSA) is 93.2 Å². The Labute approximate surface area is 152 Å². The summed E-state index contributed by atoms with van der Waals surface area (Å²) in [6, 6.07) is 10.9. The van der Waals surface area contributed by atoms with Crippen molar-refractivity contribution in [3.63, 3.8) is 0 Å². The number of aliphatic hydroxyl groups excluding tert-OH is 1. The van der Waals surface area contributed by atoms with E-state index in [9.17, 15) is 4.79 Å². The Morgan fingerprint density at radius 1 is 1.32 bits per heavy atom. The predicted octanol–water partition coefficient (Wildman–Crippen LogP) is 2.32. The van der Waals surface area contributed by atoms with Gasteiger partial charge in [0.05, 0.1) is 24.0 Å². The maximum atomic E-state index is 12.0. The van der Waals surface area contributed by atoms with E-state index in [0.717, 1.165) is 27.7 Å². The molecule has 6 nitrogen and oxygen atoms in total. The number of amides is 1. The smallest absolute Gasteiger partial charge is 0.243 e. The second-order valence-electron chi connectivity index (χ2n) is 5.90. The third-order valence-electron chi connectivity index (χ3n) is 3.95. The van der Waals surface area contributed by atoms with Gasteiger partial charge in [0.2, 0.25) is 5.91 Å². The molecule has 0 radical (unpaired) electrons. The van der Waals surface area contributed by atoms with E-state index in [1.54, 1.807) is 6.20 Å². The number of aliphatic hydroxyl groups is 1. The van der Waals surface area contributed by atoms with Crippen molar-refractivity contribution in [3.8, 4) is 5.69 Å². The van der Waals surface area contributed by atoms with Gasteiger partial charge in [0.25, 0.3) is 0 Å². The molecule has 0 aliphatic carbocycles. The minimum atomic E-state index is -0.943. The monoisotopic (exact) mass is 360 g/mol. The van der Waals surface area contributed by atoms with Gasteiger partial charge < -0.3 is 16.2 Å². The average molecular weight is 361 g/mol. The summed E-state index contributed by atoms with van der Waals surface area (Å²) < 4.78 is 1.84. The highest BCUT2D eigenvalue weighted by Gasteiger charge is 2.15. The molecule has 0 aliphatic rings. The number of anilines is 1. The third-order valence-corrected chi connectivity index (χ3v) is 3.95. The molecule has 25 heavy (non-hydrogen) atoms. The second kappa shape index (κ2) is 7.65. The zero-order valence-corrected chi connectivity index (χ0v) is 14.9. The zero-order valence-electron chi connectivity index (χ0n) is 14.1. The largest absolute Gasteiger partial charge is 0.394 e. The van der Waals surface area contributed by atoms with Crippen molar-refractivity contribution in [2.24, 2.45) is 5.73 Å². The van der Waals surface area contributed by atoms with E-state index in [1.807, 2.05) is 54.9 Å². The molecule has 1 aromatic heterocycles. The molecule has 0 fully saturated rings. The number of aromatic nitrogens is 2. The van der Waals surface area contributed by atoms with E-state index in [2.05, 4.69) is 10.4 Å². The zero-order chi connectivity index (χ0) is 17.3. The Hall–Kier alpha value is -2.41. The van der Waals surface area contributed by atoms with Crippen molar-refractivity contribution in [1.29, 1.82) is 0 Å². The summed E-state index contributed by atoms with van der Waals surface area (Å²) in [6.07, 6.45) is 1.80. The van der Waals surface area contributed by atoms with Crippen LogP contribution in [0.3, 0.4) is 0 Å². The summed E-state index contributed by atoms with van der Waals surface area (Å²) in [5, 5.41) is 17.2. The van der Waals surface area contributed by atoms with Crippen LogP contribution in [0.1, 0.15) is 11.1 Å². The third kappa shape index (κ3) is 3.82. The quantitative estimate of drug-likeness (QED) is 0.665. The first-order valence-corrected chi connectivity index (χ1v) is 7.72. The van der Waals surface area contributed by atoms with E-state index in [0.29, 0.717) is 5.69 Å². The molecule has 0 aliphatic heterocycles. The van der Waals surface area contributed by atoms with Crippen LogP contribution in [-0.4, -0.2) is 33.4 Å². The number of rotatable bonds is 4. The van der Waals surface area contributed by atoms with Gasteiger partial charge in [-0.1, -0.05) is 12.1 Å². The molecule has 1 heterocycles. The van der Waals surface area contributed by atoms with Gasteiger partial charge in [-0.3, -0.25) is 4.79 Å². The van der Waals surface area contributed by atoms with Gasteiger partial charge in [0.15, 0.2) is 0 Å². The van der Waals surface area contributed by atoms with Crippen molar-refractivity contribution < 1.29 is 9.90 Å². The number of aryl methyl sites for hydroxylation is 2. The van der Waals surface area contributed by atoms with E-state index in [4.69, 9.17) is 10.8 Å². The van der Waals surface area contributed by atoms with E-state index < -0.39 is 18.6 Å². The molecule has 3 aromatic rings. The molecular weight excluding hydrogens is 340 g/mol. The Morgan fingerprint density at radius 3 is 2.76 bits per heavy atom. The highest BCUT2D eigenvalue weighted by Crippen LogP contribution is 2.26. The van der Waals surface area contributed by atoms with Crippen molar-refractivity contribution >= 4 is 34.9 Å². The van der Waals surface area contributed by atoms with Crippen LogP contribution in [0.2, 0.25) is 0 Å². The summed E-state index contributed by atoms with van der Waals surface area (Å²) in [5.41, 5.74) is 10.1. The average Bonchev–Trinajstić information content (AvgIpc) is 2.97. The lowest BCUT2D eigenvalue weighted by Crippen LogP contribution is -2.38. The summed E-state index contributed by atoms with van der Waals surface area (Å²) in [5.74, 6) is -0.415. The van der Waals surface area contributed by atoms with E-state index in [1.165, 1.54) is 0 Å². The summed E-state index contributed by atoms with van der Waals surface area (Å²) >= 11 is 0. The molecule has 0 spiro atoms. The fraction of sp³-hybridized carbons (Fsp3) is 0.222. The summed E-state index contributed by atoms with van der Waals surface area (Å²) in [4.78, 5) is 12.0. The van der Waals surface area contributed by atoms with Gasteiger partial charge in [-0.25, -0.2) is 4.68 Å². The van der Waals surface area contributed by atoms with Gasteiger partial charge in [-0.05, 0) is 49.2 Å². The van der Waals surface area contributed by atoms with Gasteiger partial charge in [0.1, 0.15) is 6.04 Å². The summed E-state index contributed by atoms with van der Waals surface area (Å²) in [6.45, 7) is 3.54. The first-order valence-electron chi connectivity index (χ1n) is 7.72. The van der Waals surface area contributed by atoms with Crippen molar-refractivity contribution in [1.82, 2.24) is 9.78 Å². The first-order chi connectivity index (χ1) is 11.5. The number of nitrogens with zero attached hydrogens (tertiary/aromatic N) is 2. The molecule has 132 valence electrons. The second-order valence-corrected chi connectivity index (χ2v) is 5.90. The van der Waals surface area contributed by atoms with Crippen molar-refractivity contribution in [2.45, 2.75) is 19.9 Å². The van der Waals surface area contributed by atoms with Crippen LogP contribution in [0, 0.1) is 13.8 Å². The Morgan fingerprint density at radius 2 is 2.08 bits per heavy atom. The number of carbonyl (C=O) groups is 1. The van der Waals surface area contributed by atoms with E-state index in [-0.39, 0.29) is 12.4 Å². The maximum absolute atomic E-state index is 12.0. The lowest BCUT2D eigenvalue weighted by atomic mass is 10.1. The SMILES string of the molecule is Cc1cccc(-n2ncc3cc(C)c(NC(=O)C(N)CO)cc32)c1.Cl. The molecule has 1 atom stereocenters. The Bertz CT molecular complexity index is 907. The van der Waals surface area contributed by atoms with Crippen LogP contribution in [0.15, 0.2) is 42.6 Å². The van der Waals surface area contributed by atoms with Crippen molar-refractivity contribution in [3.05, 3.63) is 53.7 Å². The predicted molar refractivity (Wildman–Crippen MR) is 101 cm³/mol. The number of benzene rings is 2. The number of halogens is 1. The Balaban J connectivity index is 0.00000225. The number of carbonyl (C=O) groups excluding carboxylic acids is 1. The standard InChI is InChI=1S/C18H20N4O2.ClH/c1-11-4-3-5-14(6-11)22-17-8-16(21-18(24)15(19)10-23)12(2)7-13(17)9-20-22;/h3-9,15,23H,10,19H2,1-2H3,(H,21,24);1H. The van der Waals surface area contributed by atoms with Crippen LogP contribution in [-0.2, 0) is 4.79 Å². The first kappa shape index (κ1) is 18.9. The van der Waals surface area contributed by atoms with Crippen molar-refractivity contribution in [2.75, 3.05) is 11.9 Å². The minimum Gasteiger partial charge on any atom is -0.394 e. The molecule has 0 saturated heterocycles. The molecular formula is C18H21ClN4O2. The highest BCUT2D eigenvalue weighted by atomic mass is 35.5. The molecule has 1 amide bonds. The summed E-state index contributed by atoms with van der Waals surface area (Å²) in [7, 11) is 0. The van der Waals surface area contributed by atoms with E-state index >= 15 is 0 Å². The lowest BCUT2D eigenvalue weighted by molar-refractivity contribution is -0.118. The Kier molecular flexibility index (Phi) is 5.79.